The number of likely N-dealkylation sites (tertiary alicyclic amines) is 1. The molecule has 1 spiro atoms. The largest absolute Gasteiger partial charge is 0.491 e. The molecule has 1 aromatic carbocycles. The van der Waals surface area contributed by atoms with Gasteiger partial charge in [0.15, 0.2) is 0 Å². The third-order valence-corrected chi connectivity index (χ3v) is 5.66. The molecule has 2 aliphatic heterocycles. The van der Waals surface area contributed by atoms with Gasteiger partial charge in [-0.05, 0) is 36.4 Å². The summed E-state index contributed by atoms with van der Waals surface area (Å²) in [5, 5.41) is 18.9. The van der Waals surface area contributed by atoms with E-state index in [4.69, 9.17) is 10.00 Å². The Bertz CT molecular complexity index is 677. The van der Waals surface area contributed by atoms with E-state index in [2.05, 4.69) is 0 Å². The highest BCUT2D eigenvalue weighted by Crippen LogP contribution is 2.44. The van der Waals surface area contributed by atoms with Crippen LogP contribution >= 0.6 is 11.8 Å². The van der Waals surface area contributed by atoms with E-state index in [1.165, 1.54) is 4.90 Å². The molecule has 0 unspecified atom stereocenters. The fourth-order valence-corrected chi connectivity index (χ4v) is 4.48. The molecule has 2 atom stereocenters. The normalized spacial score (nSPS) is 24.4. The van der Waals surface area contributed by atoms with E-state index in [1.807, 2.05) is 6.07 Å². The molecule has 2 heterocycles. The second-order valence-electron chi connectivity index (χ2n) is 6.17. The van der Waals surface area contributed by atoms with Gasteiger partial charge in [-0.1, -0.05) is 0 Å². The first-order chi connectivity index (χ1) is 11.5. The van der Waals surface area contributed by atoms with Crippen LogP contribution in [0.2, 0.25) is 0 Å². The Hall–Kier alpha value is -2.04. The summed E-state index contributed by atoms with van der Waals surface area (Å²) in [6, 6.07) is 8.54. The van der Waals surface area contributed by atoms with Gasteiger partial charge in [0.2, 0.25) is 11.8 Å². The van der Waals surface area contributed by atoms with E-state index in [1.54, 1.807) is 36.0 Å². The monoisotopic (exact) mass is 346 g/mol. The Morgan fingerprint density at radius 3 is 2.75 bits per heavy atom. The maximum Gasteiger partial charge on any atom is 0.236 e. The number of nitriles is 1. The van der Waals surface area contributed by atoms with E-state index in [-0.39, 0.29) is 31.4 Å². The van der Waals surface area contributed by atoms with Gasteiger partial charge in [-0.3, -0.25) is 14.5 Å². The van der Waals surface area contributed by atoms with Crippen molar-refractivity contribution in [3.05, 3.63) is 29.8 Å². The zero-order chi connectivity index (χ0) is 17.2. The molecule has 1 N–H and O–H groups in total. The molecule has 6 nitrogen and oxygen atoms in total. The minimum atomic E-state index is -0.947. The van der Waals surface area contributed by atoms with Crippen LogP contribution in [0.15, 0.2) is 24.3 Å². The Balaban J connectivity index is 1.54. The predicted molar refractivity (Wildman–Crippen MR) is 88.4 cm³/mol. The number of benzene rings is 1. The molecule has 0 aliphatic carbocycles. The molecule has 2 fully saturated rings. The maximum absolute atomic E-state index is 12.5. The standard InChI is InChI=1S/C17H18N2O4S/c18-8-12-1-3-14(4-2-12)23-10-13(20)9-19-15(21)7-17(16(19)22)5-6-24-11-17/h1-4,13,20H,5-7,9-11H2/t13-,17-/m0/s1. The summed E-state index contributed by atoms with van der Waals surface area (Å²) in [6.45, 7) is -0.0644. The number of rotatable bonds is 5. The number of carbonyl (C=O) groups excluding carboxylic acids is 2. The van der Waals surface area contributed by atoms with Crippen LogP contribution in [0.3, 0.4) is 0 Å². The fourth-order valence-electron chi connectivity index (χ4n) is 3.04. The van der Waals surface area contributed by atoms with E-state index in [0.717, 1.165) is 12.2 Å². The highest BCUT2D eigenvalue weighted by Gasteiger charge is 2.53. The number of β-amino-alcohol motifs (C(OH)–C–C–N with tert-alkyl or cyclic N) is 1. The summed E-state index contributed by atoms with van der Waals surface area (Å²) >= 11 is 1.70. The summed E-state index contributed by atoms with van der Waals surface area (Å²) in [4.78, 5) is 25.8. The number of ether oxygens (including phenoxy) is 1. The van der Waals surface area contributed by atoms with Crippen molar-refractivity contribution in [3.63, 3.8) is 0 Å². The molecule has 2 amide bonds. The van der Waals surface area contributed by atoms with Crippen molar-refractivity contribution in [2.24, 2.45) is 5.41 Å². The molecular formula is C17H18N2O4S. The Labute approximate surface area is 144 Å². The first-order valence-electron chi connectivity index (χ1n) is 7.78. The molecule has 7 heteroatoms. The lowest BCUT2D eigenvalue weighted by Gasteiger charge is -2.22. The summed E-state index contributed by atoms with van der Waals surface area (Å²) < 4.78 is 5.45. The fraction of sp³-hybridized carbons (Fsp3) is 0.471. The quantitative estimate of drug-likeness (QED) is 0.805. The molecule has 3 rings (SSSR count). The molecule has 0 radical (unpaired) electrons. The van der Waals surface area contributed by atoms with Crippen molar-refractivity contribution < 1.29 is 19.4 Å². The van der Waals surface area contributed by atoms with Crippen molar-refractivity contribution in [2.45, 2.75) is 18.9 Å². The lowest BCUT2D eigenvalue weighted by Crippen LogP contribution is -2.41. The number of carbonyl (C=O) groups is 2. The minimum Gasteiger partial charge on any atom is -0.491 e. The number of aliphatic hydroxyl groups excluding tert-OH is 1. The first kappa shape index (κ1) is 16.8. The number of hydrogen-bond acceptors (Lipinski definition) is 6. The number of thioether (sulfide) groups is 1. The molecule has 0 saturated carbocycles. The summed E-state index contributed by atoms with van der Waals surface area (Å²) in [6.07, 6.45) is 0.0382. The van der Waals surface area contributed by atoms with Crippen molar-refractivity contribution >= 4 is 23.6 Å². The third-order valence-electron chi connectivity index (χ3n) is 4.41. The SMILES string of the molecule is N#Cc1ccc(OC[C@@H](O)CN2C(=O)C[C@]3(CCSC3)C2=O)cc1. The number of amides is 2. The molecule has 126 valence electrons. The lowest BCUT2D eigenvalue weighted by molar-refractivity contribution is -0.142. The molecular weight excluding hydrogens is 328 g/mol. The minimum absolute atomic E-state index is 0.0231. The zero-order valence-electron chi connectivity index (χ0n) is 13.1. The number of imide groups is 1. The summed E-state index contributed by atoms with van der Waals surface area (Å²) in [5.74, 6) is 1.74. The van der Waals surface area contributed by atoms with Crippen LogP contribution in [-0.4, -0.2) is 52.6 Å². The molecule has 0 aromatic heterocycles. The van der Waals surface area contributed by atoms with Crippen LogP contribution in [0.25, 0.3) is 0 Å². The van der Waals surface area contributed by atoms with E-state index in [0.29, 0.717) is 17.1 Å². The molecule has 2 saturated heterocycles. The van der Waals surface area contributed by atoms with Crippen LogP contribution in [0, 0.1) is 16.7 Å². The molecule has 2 aliphatic rings. The first-order valence-corrected chi connectivity index (χ1v) is 8.93. The van der Waals surface area contributed by atoms with Crippen molar-refractivity contribution in [3.8, 4) is 11.8 Å². The highest BCUT2D eigenvalue weighted by atomic mass is 32.2. The van der Waals surface area contributed by atoms with Crippen LogP contribution in [0.1, 0.15) is 18.4 Å². The molecule has 24 heavy (non-hydrogen) atoms. The maximum atomic E-state index is 12.5. The second-order valence-corrected chi connectivity index (χ2v) is 7.28. The summed E-state index contributed by atoms with van der Waals surface area (Å²) in [5.41, 5.74) is -0.0222. The Morgan fingerprint density at radius 1 is 1.38 bits per heavy atom. The highest BCUT2D eigenvalue weighted by molar-refractivity contribution is 7.99. The van der Waals surface area contributed by atoms with Crippen LogP contribution in [0.5, 0.6) is 5.75 Å². The number of aliphatic hydroxyl groups is 1. The van der Waals surface area contributed by atoms with Gasteiger partial charge in [-0.25, -0.2) is 0 Å². The summed E-state index contributed by atoms with van der Waals surface area (Å²) in [7, 11) is 0. The lowest BCUT2D eigenvalue weighted by atomic mass is 9.86. The average molecular weight is 346 g/mol. The topological polar surface area (TPSA) is 90.6 Å². The number of nitrogens with zero attached hydrogens (tertiary/aromatic N) is 2. The van der Waals surface area contributed by atoms with Crippen LogP contribution in [0.4, 0.5) is 0 Å². The smallest absolute Gasteiger partial charge is 0.236 e. The Kier molecular flexibility index (Phi) is 4.78. The predicted octanol–water partition coefficient (Wildman–Crippen LogP) is 1.18. The van der Waals surface area contributed by atoms with Crippen molar-refractivity contribution in [2.75, 3.05) is 24.7 Å². The van der Waals surface area contributed by atoms with Gasteiger partial charge in [-0.15, -0.1) is 0 Å². The number of hydrogen-bond donors (Lipinski definition) is 1. The van der Waals surface area contributed by atoms with Gasteiger partial charge in [0, 0.05) is 12.2 Å². The van der Waals surface area contributed by atoms with Crippen LogP contribution < -0.4 is 4.74 Å². The van der Waals surface area contributed by atoms with Gasteiger partial charge >= 0.3 is 0 Å². The Morgan fingerprint density at radius 2 is 2.12 bits per heavy atom. The van der Waals surface area contributed by atoms with E-state index < -0.39 is 11.5 Å². The zero-order valence-corrected chi connectivity index (χ0v) is 13.9. The van der Waals surface area contributed by atoms with Gasteiger partial charge in [0.25, 0.3) is 0 Å². The third kappa shape index (κ3) is 3.25. The van der Waals surface area contributed by atoms with Crippen molar-refractivity contribution in [1.29, 1.82) is 5.26 Å². The molecule has 1 aromatic rings. The van der Waals surface area contributed by atoms with Crippen LogP contribution in [-0.2, 0) is 9.59 Å². The van der Waals surface area contributed by atoms with E-state index in [9.17, 15) is 14.7 Å². The van der Waals surface area contributed by atoms with Gasteiger partial charge in [0.1, 0.15) is 18.5 Å². The van der Waals surface area contributed by atoms with Gasteiger partial charge < -0.3 is 9.84 Å². The second kappa shape index (κ2) is 6.83. The van der Waals surface area contributed by atoms with Gasteiger partial charge in [0.05, 0.1) is 23.6 Å². The molecule has 0 bridgehead atoms. The average Bonchev–Trinajstić information content (AvgIpc) is 3.14. The van der Waals surface area contributed by atoms with E-state index >= 15 is 0 Å². The van der Waals surface area contributed by atoms with Gasteiger partial charge in [-0.2, -0.15) is 17.0 Å². The van der Waals surface area contributed by atoms with Crippen molar-refractivity contribution in [1.82, 2.24) is 4.90 Å².